The first-order valence-corrected chi connectivity index (χ1v) is 4.33. The number of rotatable bonds is 1. The van der Waals surface area contributed by atoms with Gasteiger partial charge in [0, 0.05) is 5.92 Å². The zero-order chi connectivity index (χ0) is 10.1. The van der Waals surface area contributed by atoms with Crippen molar-refractivity contribution in [2.75, 3.05) is 7.11 Å². The molecule has 1 heterocycles. The van der Waals surface area contributed by atoms with Gasteiger partial charge in [0.2, 0.25) is 0 Å². The highest BCUT2D eigenvalue weighted by Crippen LogP contribution is 2.33. The second kappa shape index (κ2) is 3.32. The average molecular weight is 198 g/mol. The van der Waals surface area contributed by atoms with Crippen molar-refractivity contribution in [2.45, 2.75) is 18.6 Å². The minimum Gasteiger partial charge on any atom is -0.457 e. The van der Waals surface area contributed by atoms with Gasteiger partial charge in [-0.15, -0.1) is 0 Å². The molecule has 0 N–H and O–H groups in total. The van der Waals surface area contributed by atoms with Crippen LogP contribution in [0.1, 0.15) is 6.42 Å². The summed E-state index contributed by atoms with van der Waals surface area (Å²) in [5, 5.41) is 0. The molecule has 2 rings (SSSR count). The Balaban J connectivity index is 1.99. The molecule has 0 amide bonds. The molecule has 1 aliphatic heterocycles. The van der Waals surface area contributed by atoms with E-state index in [9.17, 15) is 9.59 Å². The van der Waals surface area contributed by atoms with Crippen molar-refractivity contribution in [2.24, 2.45) is 5.92 Å². The molecule has 76 valence electrons. The molecule has 1 aliphatic carbocycles. The molecule has 0 aromatic heterocycles. The molecule has 3 atom stereocenters. The van der Waals surface area contributed by atoms with Gasteiger partial charge in [-0.05, 0) is 6.08 Å². The van der Waals surface area contributed by atoms with E-state index in [1.54, 1.807) is 6.08 Å². The highest BCUT2D eigenvalue weighted by Gasteiger charge is 2.43. The molecule has 1 fully saturated rings. The molecule has 14 heavy (non-hydrogen) atoms. The number of carbonyl (C=O) groups excluding carboxylic acids is 2. The van der Waals surface area contributed by atoms with Gasteiger partial charge in [-0.1, -0.05) is 6.08 Å². The van der Waals surface area contributed by atoms with Crippen LogP contribution >= 0.6 is 0 Å². The van der Waals surface area contributed by atoms with Crippen LogP contribution in [0.5, 0.6) is 0 Å². The number of hydrogen-bond donors (Lipinski definition) is 0. The SMILES string of the molecule is COC(=O)O[C@H]1C=C[C@H]2CC(=O)O[C@@H]12. The first-order valence-electron chi connectivity index (χ1n) is 4.33. The summed E-state index contributed by atoms with van der Waals surface area (Å²) in [6.07, 6.45) is 2.30. The van der Waals surface area contributed by atoms with Gasteiger partial charge >= 0.3 is 12.1 Å². The van der Waals surface area contributed by atoms with Crippen LogP contribution in [0, 0.1) is 5.92 Å². The highest BCUT2D eigenvalue weighted by molar-refractivity contribution is 5.73. The molecule has 0 aromatic rings. The van der Waals surface area contributed by atoms with Crippen LogP contribution in [0.2, 0.25) is 0 Å². The lowest BCUT2D eigenvalue weighted by Gasteiger charge is -2.16. The zero-order valence-corrected chi connectivity index (χ0v) is 7.64. The van der Waals surface area contributed by atoms with Crippen LogP contribution in [0.4, 0.5) is 4.79 Å². The third kappa shape index (κ3) is 1.45. The van der Waals surface area contributed by atoms with Crippen molar-refractivity contribution >= 4 is 12.1 Å². The van der Waals surface area contributed by atoms with E-state index >= 15 is 0 Å². The molecule has 0 saturated carbocycles. The molecular weight excluding hydrogens is 188 g/mol. The topological polar surface area (TPSA) is 61.8 Å². The first-order chi connectivity index (χ1) is 6.70. The maximum atomic E-state index is 10.9. The lowest BCUT2D eigenvalue weighted by molar-refractivity contribution is -0.144. The maximum absolute atomic E-state index is 10.9. The summed E-state index contributed by atoms with van der Waals surface area (Å²) >= 11 is 0. The van der Waals surface area contributed by atoms with E-state index in [0.717, 1.165) is 0 Å². The van der Waals surface area contributed by atoms with E-state index in [1.807, 2.05) is 6.08 Å². The minimum atomic E-state index is -0.761. The predicted molar refractivity (Wildman–Crippen MR) is 44.4 cm³/mol. The van der Waals surface area contributed by atoms with Gasteiger partial charge in [-0.25, -0.2) is 4.79 Å². The monoisotopic (exact) mass is 198 g/mol. The van der Waals surface area contributed by atoms with Crippen LogP contribution in [0.3, 0.4) is 0 Å². The summed E-state index contributed by atoms with van der Waals surface area (Å²) < 4.78 is 14.3. The second-order valence-corrected chi connectivity index (χ2v) is 3.24. The molecule has 5 heteroatoms. The Labute approximate surface area is 80.6 Å². The Bertz CT molecular complexity index is 296. The largest absolute Gasteiger partial charge is 0.508 e. The van der Waals surface area contributed by atoms with Crippen molar-refractivity contribution in [3.05, 3.63) is 12.2 Å². The molecule has 0 radical (unpaired) electrons. The van der Waals surface area contributed by atoms with Crippen LogP contribution in [0.25, 0.3) is 0 Å². The summed E-state index contributed by atoms with van der Waals surface area (Å²) in [5.74, 6) is -0.208. The smallest absolute Gasteiger partial charge is 0.457 e. The van der Waals surface area contributed by atoms with E-state index in [4.69, 9.17) is 9.47 Å². The van der Waals surface area contributed by atoms with Crippen molar-refractivity contribution in [3.63, 3.8) is 0 Å². The van der Waals surface area contributed by atoms with E-state index < -0.39 is 12.3 Å². The van der Waals surface area contributed by atoms with E-state index in [1.165, 1.54) is 7.11 Å². The Morgan fingerprint density at radius 3 is 3.07 bits per heavy atom. The van der Waals surface area contributed by atoms with Gasteiger partial charge in [0.05, 0.1) is 13.5 Å². The summed E-state index contributed by atoms with van der Waals surface area (Å²) in [6, 6.07) is 0. The summed E-state index contributed by atoms with van der Waals surface area (Å²) in [4.78, 5) is 21.7. The number of hydrogen-bond acceptors (Lipinski definition) is 5. The lowest BCUT2D eigenvalue weighted by atomic mass is 10.1. The maximum Gasteiger partial charge on any atom is 0.508 e. The van der Waals surface area contributed by atoms with Gasteiger partial charge in [0.1, 0.15) is 6.10 Å². The van der Waals surface area contributed by atoms with Crippen LogP contribution in [-0.2, 0) is 19.0 Å². The molecule has 0 spiro atoms. The second-order valence-electron chi connectivity index (χ2n) is 3.24. The molecule has 0 bridgehead atoms. The van der Waals surface area contributed by atoms with Gasteiger partial charge in [0.15, 0.2) is 6.10 Å². The van der Waals surface area contributed by atoms with Crippen LogP contribution < -0.4 is 0 Å². The zero-order valence-electron chi connectivity index (χ0n) is 7.64. The predicted octanol–water partition coefficient (Wildman–Crippen LogP) is 0.639. The number of ether oxygens (including phenoxy) is 3. The number of methoxy groups -OCH3 is 1. The van der Waals surface area contributed by atoms with Gasteiger partial charge in [0.25, 0.3) is 0 Å². The summed E-state index contributed by atoms with van der Waals surface area (Å²) in [6.45, 7) is 0. The van der Waals surface area contributed by atoms with Crippen molar-refractivity contribution in [3.8, 4) is 0 Å². The van der Waals surface area contributed by atoms with Crippen LogP contribution in [-0.4, -0.2) is 31.4 Å². The molecule has 0 unspecified atom stereocenters. The van der Waals surface area contributed by atoms with Crippen molar-refractivity contribution in [1.82, 2.24) is 0 Å². The van der Waals surface area contributed by atoms with E-state index in [-0.39, 0.29) is 18.0 Å². The fourth-order valence-electron chi connectivity index (χ4n) is 1.71. The molecule has 2 aliphatic rings. The normalized spacial score (nSPS) is 33.8. The fraction of sp³-hybridized carbons (Fsp3) is 0.556. The van der Waals surface area contributed by atoms with Gasteiger partial charge < -0.3 is 14.2 Å². The molecule has 0 aromatic carbocycles. The molecule has 1 saturated heterocycles. The van der Waals surface area contributed by atoms with E-state index in [0.29, 0.717) is 6.42 Å². The van der Waals surface area contributed by atoms with Crippen molar-refractivity contribution < 1.29 is 23.8 Å². The summed E-state index contributed by atoms with van der Waals surface area (Å²) in [5.41, 5.74) is 0. The van der Waals surface area contributed by atoms with Gasteiger partial charge in [-0.2, -0.15) is 0 Å². The van der Waals surface area contributed by atoms with Crippen molar-refractivity contribution in [1.29, 1.82) is 0 Å². The standard InChI is InChI=1S/C9H10O5/c1-12-9(11)13-6-3-2-5-4-7(10)14-8(5)6/h2-3,5-6,8H,4H2,1H3/t5-,6-,8+/m0/s1. The molecule has 5 nitrogen and oxygen atoms in total. The number of fused-ring (bicyclic) bond motifs is 1. The first kappa shape index (κ1) is 9.05. The Morgan fingerprint density at radius 1 is 1.57 bits per heavy atom. The average Bonchev–Trinajstić information content (AvgIpc) is 2.67. The Kier molecular flexibility index (Phi) is 2.15. The van der Waals surface area contributed by atoms with Gasteiger partial charge in [-0.3, -0.25) is 4.79 Å². The lowest BCUT2D eigenvalue weighted by Crippen LogP contribution is -2.29. The fourth-order valence-corrected chi connectivity index (χ4v) is 1.71. The Hall–Kier alpha value is -1.52. The Morgan fingerprint density at radius 2 is 2.36 bits per heavy atom. The van der Waals surface area contributed by atoms with Crippen LogP contribution in [0.15, 0.2) is 12.2 Å². The molecular formula is C9H10O5. The number of carbonyl (C=O) groups is 2. The third-order valence-electron chi connectivity index (χ3n) is 2.36. The number of esters is 1. The minimum absolute atomic E-state index is 0.0390. The quantitative estimate of drug-likeness (QED) is 0.457. The summed E-state index contributed by atoms with van der Waals surface area (Å²) in [7, 11) is 1.24. The van der Waals surface area contributed by atoms with E-state index in [2.05, 4.69) is 4.74 Å². The third-order valence-corrected chi connectivity index (χ3v) is 2.36. The highest BCUT2D eigenvalue weighted by atomic mass is 16.7.